The Labute approximate surface area is 82.6 Å². The Morgan fingerprint density at radius 1 is 1.45 bits per heavy atom. The molecule has 0 radical (unpaired) electrons. The largest absolute Gasteiger partial charge is 0.368 e. The number of allylic oxidation sites excluding steroid dienone is 2. The van der Waals surface area contributed by atoms with Crippen LogP contribution in [0.2, 0.25) is 0 Å². The zero-order valence-electron chi connectivity index (χ0n) is 6.41. The Bertz CT molecular complexity index is 171. The van der Waals surface area contributed by atoms with Crippen LogP contribution in [0.5, 0.6) is 0 Å². The minimum absolute atomic E-state index is 0.693. The van der Waals surface area contributed by atoms with E-state index in [1.54, 1.807) is 0 Å². The van der Waals surface area contributed by atoms with Gasteiger partial charge in [0.2, 0.25) is 0 Å². The summed E-state index contributed by atoms with van der Waals surface area (Å²) in [5, 5.41) is 1.10. The summed E-state index contributed by atoms with van der Waals surface area (Å²) in [5.41, 5.74) is 0. The van der Waals surface area contributed by atoms with Gasteiger partial charge in [0, 0.05) is 0 Å². The molecule has 0 spiro atoms. The highest BCUT2D eigenvalue weighted by Gasteiger charge is 2.32. The molecule has 0 aromatic heterocycles. The average Bonchev–Trinajstić information content (AvgIpc) is 1.86. The fourth-order valence-electron chi connectivity index (χ4n) is 1.33. The predicted octanol–water partition coefficient (Wildman–Crippen LogP) is 3.93. The molecule has 1 atom stereocenters. The third kappa shape index (κ3) is 2.98. The van der Waals surface area contributed by atoms with Gasteiger partial charge < -0.3 is 0 Å². The Kier molecular flexibility index (Phi) is 3.33. The lowest BCUT2D eigenvalue weighted by Crippen LogP contribution is -2.19. The summed E-state index contributed by atoms with van der Waals surface area (Å²) in [7, 11) is 0. The molecule has 0 bridgehead atoms. The first-order chi connectivity index (χ1) is 5.00. The maximum Gasteiger partial charge on any atom is 0.368 e. The standard InChI is InChI=1S/C7H11Cl3Si/c1-6-3-2-4-7(5-6)11(8,9)10/h4,6H,2-3,5H2,1H3. The first kappa shape index (κ1) is 9.91. The number of hydrogen-bond acceptors (Lipinski definition) is 0. The molecule has 0 aromatic carbocycles. The van der Waals surface area contributed by atoms with E-state index >= 15 is 0 Å². The molecule has 0 saturated carbocycles. The summed E-state index contributed by atoms with van der Waals surface area (Å²) < 4.78 is 0. The van der Waals surface area contributed by atoms with Crippen molar-refractivity contribution in [2.45, 2.75) is 26.2 Å². The van der Waals surface area contributed by atoms with Crippen molar-refractivity contribution in [3.8, 4) is 0 Å². The third-order valence-electron chi connectivity index (χ3n) is 1.98. The molecule has 0 amide bonds. The van der Waals surface area contributed by atoms with Crippen molar-refractivity contribution in [3.63, 3.8) is 0 Å². The molecule has 4 heteroatoms. The summed E-state index contributed by atoms with van der Waals surface area (Å²) in [5.74, 6) is 0.693. The fourth-order valence-corrected chi connectivity index (χ4v) is 3.68. The van der Waals surface area contributed by atoms with Gasteiger partial charge in [0.25, 0.3) is 0 Å². The maximum atomic E-state index is 5.88. The molecule has 64 valence electrons. The molecule has 1 aliphatic carbocycles. The van der Waals surface area contributed by atoms with Crippen molar-refractivity contribution in [1.82, 2.24) is 0 Å². The van der Waals surface area contributed by atoms with E-state index in [1.807, 2.05) is 0 Å². The van der Waals surface area contributed by atoms with Gasteiger partial charge in [-0.05, 0) is 30.4 Å². The summed E-state index contributed by atoms with van der Waals surface area (Å²) in [6, 6.07) is -2.52. The highest BCUT2D eigenvalue weighted by atomic mass is 35.8. The molecule has 1 rings (SSSR count). The summed E-state index contributed by atoms with van der Waals surface area (Å²) in [6.07, 6.45) is 5.41. The molecular formula is C7H11Cl3Si. The van der Waals surface area contributed by atoms with E-state index in [9.17, 15) is 0 Å². The lowest BCUT2D eigenvalue weighted by molar-refractivity contribution is 0.520. The summed E-state index contributed by atoms with van der Waals surface area (Å²) >= 11 is 17.6. The minimum Gasteiger partial charge on any atom is -0.121 e. The van der Waals surface area contributed by atoms with Crippen molar-refractivity contribution in [3.05, 3.63) is 11.3 Å². The van der Waals surface area contributed by atoms with Crippen LogP contribution in [0.4, 0.5) is 0 Å². The van der Waals surface area contributed by atoms with Gasteiger partial charge in [0.05, 0.1) is 0 Å². The fraction of sp³-hybridized carbons (Fsp3) is 0.714. The highest BCUT2D eigenvalue weighted by molar-refractivity contribution is 7.67. The Hall–Kier alpha value is 0.827. The van der Waals surface area contributed by atoms with E-state index in [4.69, 9.17) is 33.2 Å². The van der Waals surface area contributed by atoms with Crippen LogP contribution in [-0.4, -0.2) is 6.00 Å². The van der Waals surface area contributed by atoms with Gasteiger partial charge >= 0.3 is 6.00 Å². The van der Waals surface area contributed by atoms with Gasteiger partial charge in [-0.1, -0.05) is 13.0 Å². The SMILES string of the molecule is CC1CCC=C([Si](Cl)(Cl)Cl)C1. The molecule has 0 aliphatic heterocycles. The first-order valence-corrected chi connectivity index (χ1v) is 8.80. The second-order valence-electron chi connectivity index (χ2n) is 3.11. The molecule has 0 aromatic rings. The zero-order chi connectivity index (χ0) is 8.48. The average molecular weight is 230 g/mol. The van der Waals surface area contributed by atoms with E-state index in [2.05, 4.69) is 13.0 Å². The van der Waals surface area contributed by atoms with E-state index in [1.165, 1.54) is 6.42 Å². The number of rotatable bonds is 1. The molecule has 0 N–H and O–H groups in total. The quantitative estimate of drug-likeness (QED) is 0.472. The van der Waals surface area contributed by atoms with Crippen molar-refractivity contribution in [2.75, 3.05) is 0 Å². The van der Waals surface area contributed by atoms with Gasteiger partial charge in [0.1, 0.15) is 0 Å². The van der Waals surface area contributed by atoms with E-state index in [0.29, 0.717) is 5.92 Å². The minimum atomic E-state index is -2.52. The van der Waals surface area contributed by atoms with E-state index in [0.717, 1.165) is 18.0 Å². The van der Waals surface area contributed by atoms with Crippen molar-refractivity contribution >= 4 is 39.2 Å². The van der Waals surface area contributed by atoms with E-state index < -0.39 is 6.00 Å². The van der Waals surface area contributed by atoms with Crippen LogP contribution >= 0.6 is 33.2 Å². The second-order valence-corrected chi connectivity index (χ2v) is 11.6. The Morgan fingerprint density at radius 3 is 2.45 bits per heavy atom. The van der Waals surface area contributed by atoms with Gasteiger partial charge in [-0.25, -0.2) is 0 Å². The topological polar surface area (TPSA) is 0 Å². The third-order valence-corrected chi connectivity index (χ3v) is 5.30. The van der Waals surface area contributed by atoms with Crippen molar-refractivity contribution in [2.24, 2.45) is 5.92 Å². The lowest BCUT2D eigenvalue weighted by Gasteiger charge is -2.22. The normalized spacial score (nSPS) is 26.5. The van der Waals surface area contributed by atoms with Crippen LogP contribution in [0.15, 0.2) is 11.3 Å². The van der Waals surface area contributed by atoms with Crippen LogP contribution in [0.3, 0.4) is 0 Å². The zero-order valence-corrected chi connectivity index (χ0v) is 9.68. The second kappa shape index (κ2) is 3.69. The van der Waals surface area contributed by atoms with Crippen LogP contribution < -0.4 is 0 Å². The number of hydrogen-bond donors (Lipinski definition) is 0. The van der Waals surface area contributed by atoms with E-state index in [-0.39, 0.29) is 0 Å². The number of halogens is 3. The monoisotopic (exact) mass is 228 g/mol. The first-order valence-electron chi connectivity index (χ1n) is 3.76. The Morgan fingerprint density at radius 2 is 2.09 bits per heavy atom. The van der Waals surface area contributed by atoms with Gasteiger partial charge in [-0.2, -0.15) is 0 Å². The molecule has 0 heterocycles. The predicted molar refractivity (Wildman–Crippen MR) is 54.4 cm³/mol. The molecule has 11 heavy (non-hydrogen) atoms. The van der Waals surface area contributed by atoms with Gasteiger partial charge in [-0.3, -0.25) is 0 Å². The van der Waals surface area contributed by atoms with Gasteiger partial charge in [-0.15, -0.1) is 33.2 Å². The van der Waals surface area contributed by atoms with Crippen LogP contribution in [0, 0.1) is 5.92 Å². The molecule has 0 fully saturated rings. The van der Waals surface area contributed by atoms with Crippen LogP contribution in [0.25, 0.3) is 0 Å². The molecule has 0 nitrogen and oxygen atoms in total. The van der Waals surface area contributed by atoms with Crippen molar-refractivity contribution in [1.29, 1.82) is 0 Å². The summed E-state index contributed by atoms with van der Waals surface area (Å²) in [6.45, 7) is 2.21. The molecule has 1 unspecified atom stereocenters. The van der Waals surface area contributed by atoms with Gasteiger partial charge in [0.15, 0.2) is 0 Å². The molecule has 0 saturated heterocycles. The highest BCUT2D eigenvalue weighted by Crippen LogP contribution is 2.36. The van der Waals surface area contributed by atoms with Crippen LogP contribution in [0.1, 0.15) is 26.2 Å². The van der Waals surface area contributed by atoms with Crippen molar-refractivity contribution < 1.29 is 0 Å². The summed E-state index contributed by atoms with van der Waals surface area (Å²) in [4.78, 5) is 0. The lowest BCUT2D eigenvalue weighted by atomic mass is 9.96. The van der Waals surface area contributed by atoms with Crippen LogP contribution in [-0.2, 0) is 0 Å². The maximum absolute atomic E-state index is 5.88. The molecule has 1 aliphatic rings. The smallest absolute Gasteiger partial charge is 0.121 e. The molecular weight excluding hydrogens is 219 g/mol. The Balaban J connectivity index is 2.65.